The minimum atomic E-state index is -0.192. The maximum atomic E-state index is 13.2. The van der Waals surface area contributed by atoms with Crippen molar-refractivity contribution in [1.82, 2.24) is 0 Å². The molecular weight excluding hydrogens is 235 g/mol. The summed E-state index contributed by atoms with van der Waals surface area (Å²) in [4.78, 5) is 2.16. The zero-order valence-electron chi connectivity index (χ0n) is 10.7. The SMILES string of the molecule is CSCCN(C)c1ccc(F)cc1CC(C)N. The van der Waals surface area contributed by atoms with Crippen LogP contribution in [0.2, 0.25) is 0 Å². The Bertz CT molecular complexity index is 355. The van der Waals surface area contributed by atoms with Crippen molar-refractivity contribution in [3.8, 4) is 0 Å². The first-order valence-corrected chi connectivity index (χ1v) is 7.18. The molecule has 96 valence electrons. The molecule has 0 fully saturated rings. The van der Waals surface area contributed by atoms with Gasteiger partial charge in [0.05, 0.1) is 0 Å². The second-order valence-electron chi connectivity index (χ2n) is 4.37. The zero-order valence-corrected chi connectivity index (χ0v) is 11.6. The lowest BCUT2D eigenvalue weighted by Gasteiger charge is -2.23. The number of hydrogen-bond donors (Lipinski definition) is 1. The van der Waals surface area contributed by atoms with E-state index >= 15 is 0 Å². The number of nitrogens with two attached hydrogens (primary N) is 1. The smallest absolute Gasteiger partial charge is 0.123 e. The van der Waals surface area contributed by atoms with E-state index in [-0.39, 0.29) is 11.9 Å². The van der Waals surface area contributed by atoms with Gasteiger partial charge < -0.3 is 10.6 Å². The number of benzene rings is 1. The zero-order chi connectivity index (χ0) is 12.8. The second-order valence-corrected chi connectivity index (χ2v) is 5.35. The van der Waals surface area contributed by atoms with Gasteiger partial charge in [0.25, 0.3) is 0 Å². The van der Waals surface area contributed by atoms with Crippen molar-refractivity contribution < 1.29 is 4.39 Å². The second kappa shape index (κ2) is 6.87. The Balaban J connectivity index is 2.88. The van der Waals surface area contributed by atoms with Gasteiger partial charge in [0.1, 0.15) is 5.82 Å². The van der Waals surface area contributed by atoms with Crippen LogP contribution in [0.5, 0.6) is 0 Å². The molecule has 2 N–H and O–H groups in total. The molecule has 4 heteroatoms. The van der Waals surface area contributed by atoms with Crippen LogP contribution in [0.1, 0.15) is 12.5 Å². The van der Waals surface area contributed by atoms with Crippen molar-refractivity contribution in [2.24, 2.45) is 5.73 Å². The summed E-state index contributed by atoms with van der Waals surface area (Å²) in [7, 11) is 2.04. The molecule has 1 rings (SSSR count). The van der Waals surface area contributed by atoms with Gasteiger partial charge in [-0.2, -0.15) is 11.8 Å². The van der Waals surface area contributed by atoms with Gasteiger partial charge in [-0.05, 0) is 43.4 Å². The highest BCUT2D eigenvalue weighted by molar-refractivity contribution is 7.98. The number of nitrogens with zero attached hydrogens (tertiary/aromatic N) is 1. The van der Waals surface area contributed by atoms with Crippen LogP contribution in [0.4, 0.5) is 10.1 Å². The minimum absolute atomic E-state index is 0.0458. The lowest BCUT2D eigenvalue weighted by atomic mass is 10.0. The fourth-order valence-corrected chi connectivity index (χ4v) is 2.24. The molecule has 0 aliphatic carbocycles. The van der Waals surface area contributed by atoms with Crippen molar-refractivity contribution in [2.45, 2.75) is 19.4 Å². The Morgan fingerprint density at radius 3 is 2.76 bits per heavy atom. The van der Waals surface area contributed by atoms with Gasteiger partial charge in [-0.25, -0.2) is 4.39 Å². The van der Waals surface area contributed by atoms with Crippen LogP contribution < -0.4 is 10.6 Å². The van der Waals surface area contributed by atoms with E-state index in [1.165, 1.54) is 6.07 Å². The summed E-state index contributed by atoms with van der Waals surface area (Å²) < 4.78 is 13.2. The Hall–Kier alpha value is -0.740. The van der Waals surface area contributed by atoms with Crippen molar-refractivity contribution in [3.05, 3.63) is 29.6 Å². The maximum Gasteiger partial charge on any atom is 0.123 e. The topological polar surface area (TPSA) is 29.3 Å². The number of hydrogen-bond acceptors (Lipinski definition) is 3. The first kappa shape index (κ1) is 14.3. The Morgan fingerprint density at radius 2 is 2.18 bits per heavy atom. The number of halogens is 1. The third-order valence-electron chi connectivity index (χ3n) is 2.63. The molecule has 0 heterocycles. The highest BCUT2D eigenvalue weighted by Crippen LogP contribution is 2.22. The van der Waals surface area contributed by atoms with Crippen LogP contribution in [0.25, 0.3) is 0 Å². The van der Waals surface area contributed by atoms with Gasteiger partial charge >= 0.3 is 0 Å². The molecule has 0 saturated heterocycles. The molecule has 2 nitrogen and oxygen atoms in total. The van der Waals surface area contributed by atoms with Crippen LogP contribution >= 0.6 is 11.8 Å². The van der Waals surface area contributed by atoms with E-state index in [1.54, 1.807) is 6.07 Å². The molecule has 0 radical (unpaired) electrons. The largest absolute Gasteiger partial charge is 0.374 e. The average Bonchev–Trinajstić information content (AvgIpc) is 2.25. The van der Waals surface area contributed by atoms with Crippen LogP contribution in [0.3, 0.4) is 0 Å². The molecule has 1 aromatic rings. The molecule has 0 saturated carbocycles. The fraction of sp³-hybridized carbons (Fsp3) is 0.538. The number of anilines is 1. The van der Waals surface area contributed by atoms with Crippen LogP contribution in [-0.4, -0.2) is 31.6 Å². The molecule has 0 aliphatic heterocycles. The molecule has 0 spiro atoms. The lowest BCUT2D eigenvalue weighted by molar-refractivity contribution is 0.622. The summed E-state index contributed by atoms with van der Waals surface area (Å²) in [5.41, 5.74) is 7.87. The van der Waals surface area contributed by atoms with E-state index in [2.05, 4.69) is 11.2 Å². The third-order valence-corrected chi connectivity index (χ3v) is 3.22. The van der Waals surface area contributed by atoms with E-state index in [4.69, 9.17) is 5.73 Å². The average molecular weight is 256 g/mol. The van der Waals surface area contributed by atoms with Crippen molar-refractivity contribution in [3.63, 3.8) is 0 Å². The lowest BCUT2D eigenvalue weighted by Crippen LogP contribution is -2.24. The van der Waals surface area contributed by atoms with Crippen molar-refractivity contribution >= 4 is 17.4 Å². The fourth-order valence-electron chi connectivity index (χ4n) is 1.79. The predicted octanol–water partition coefficient (Wildman–Crippen LogP) is 2.51. The first-order chi connectivity index (χ1) is 8.04. The molecule has 1 aromatic carbocycles. The standard InChI is InChI=1S/C13H21FN2S/c1-10(15)8-11-9-12(14)4-5-13(11)16(2)6-7-17-3/h4-5,9-10H,6-8,15H2,1-3H3. The molecule has 1 atom stereocenters. The monoisotopic (exact) mass is 256 g/mol. The van der Waals surface area contributed by atoms with E-state index in [0.717, 1.165) is 23.5 Å². The van der Waals surface area contributed by atoms with E-state index in [1.807, 2.05) is 31.8 Å². The van der Waals surface area contributed by atoms with Gasteiger partial charge in [-0.15, -0.1) is 0 Å². The molecule has 0 aromatic heterocycles. The van der Waals surface area contributed by atoms with Crippen LogP contribution in [0.15, 0.2) is 18.2 Å². The first-order valence-electron chi connectivity index (χ1n) is 5.78. The Labute approximate surface area is 107 Å². The van der Waals surface area contributed by atoms with E-state index < -0.39 is 0 Å². The highest BCUT2D eigenvalue weighted by Gasteiger charge is 2.10. The van der Waals surface area contributed by atoms with E-state index in [0.29, 0.717) is 6.42 Å². The number of rotatable bonds is 6. The highest BCUT2D eigenvalue weighted by atomic mass is 32.2. The van der Waals surface area contributed by atoms with Gasteiger partial charge in [-0.3, -0.25) is 0 Å². The molecule has 0 amide bonds. The predicted molar refractivity (Wildman–Crippen MR) is 75.4 cm³/mol. The summed E-state index contributed by atoms with van der Waals surface area (Å²) in [5, 5.41) is 0. The van der Waals surface area contributed by atoms with Crippen molar-refractivity contribution in [1.29, 1.82) is 0 Å². The van der Waals surface area contributed by atoms with Gasteiger partial charge in [0.15, 0.2) is 0 Å². The van der Waals surface area contributed by atoms with Crippen LogP contribution in [0, 0.1) is 5.82 Å². The summed E-state index contributed by atoms with van der Waals surface area (Å²) in [6.45, 7) is 2.90. The minimum Gasteiger partial charge on any atom is -0.374 e. The molecule has 1 unspecified atom stereocenters. The summed E-state index contributed by atoms with van der Waals surface area (Å²) in [6, 6.07) is 4.99. The molecule has 17 heavy (non-hydrogen) atoms. The maximum absolute atomic E-state index is 13.2. The van der Waals surface area contributed by atoms with Gasteiger partial charge in [-0.1, -0.05) is 0 Å². The molecule has 0 aliphatic rings. The summed E-state index contributed by atoms with van der Waals surface area (Å²) in [5.74, 6) is 0.869. The molecule has 0 bridgehead atoms. The Morgan fingerprint density at radius 1 is 1.47 bits per heavy atom. The summed E-state index contributed by atoms with van der Waals surface area (Å²) in [6.07, 6.45) is 2.79. The number of thioether (sulfide) groups is 1. The summed E-state index contributed by atoms with van der Waals surface area (Å²) >= 11 is 1.81. The van der Waals surface area contributed by atoms with Crippen molar-refractivity contribution in [2.75, 3.05) is 30.5 Å². The van der Waals surface area contributed by atoms with Gasteiger partial charge in [0.2, 0.25) is 0 Å². The van der Waals surface area contributed by atoms with Gasteiger partial charge in [0, 0.05) is 31.1 Å². The third kappa shape index (κ3) is 4.56. The van der Waals surface area contributed by atoms with E-state index in [9.17, 15) is 4.39 Å². The Kier molecular flexibility index (Phi) is 5.78. The van der Waals surface area contributed by atoms with Crippen LogP contribution in [-0.2, 0) is 6.42 Å². The normalized spacial score (nSPS) is 12.5. The molecular formula is C13H21FN2S. The quantitative estimate of drug-likeness (QED) is 0.848.